The Bertz CT molecular complexity index is 584. The Morgan fingerprint density at radius 2 is 1.90 bits per heavy atom. The molecule has 114 valence electrons. The molecular formula is C12H23N5O2S. The Labute approximate surface area is 120 Å². The summed E-state index contributed by atoms with van der Waals surface area (Å²) in [6, 6.07) is 0. The monoisotopic (exact) mass is 301 g/mol. The van der Waals surface area contributed by atoms with Gasteiger partial charge >= 0.3 is 0 Å². The van der Waals surface area contributed by atoms with Crippen LogP contribution in [0.4, 0.5) is 11.6 Å². The zero-order valence-electron chi connectivity index (χ0n) is 12.6. The van der Waals surface area contributed by atoms with Crippen molar-refractivity contribution in [1.29, 1.82) is 0 Å². The molecule has 0 amide bonds. The van der Waals surface area contributed by atoms with Crippen LogP contribution >= 0.6 is 0 Å². The Kier molecular flexibility index (Phi) is 4.93. The molecule has 1 rings (SSSR count). The van der Waals surface area contributed by atoms with Crippen LogP contribution in [0.3, 0.4) is 0 Å². The van der Waals surface area contributed by atoms with Gasteiger partial charge in [-0.15, -0.1) is 0 Å². The van der Waals surface area contributed by atoms with Gasteiger partial charge in [-0.3, -0.25) is 0 Å². The van der Waals surface area contributed by atoms with Crippen molar-refractivity contribution in [2.45, 2.75) is 39.7 Å². The first-order chi connectivity index (χ1) is 9.04. The summed E-state index contributed by atoms with van der Waals surface area (Å²) in [6.07, 6.45) is 1.82. The minimum atomic E-state index is -3.26. The van der Waals surface area contributed by atoms with E-state index < -0.39 is 15.6 Å². The fourth-order valence-corrected chi connectivity index (χ4v) is 2.83. The average molecular weight is 301 g/mol. The first kappa shape index (κ1) is 16.6. The number of hydrogen-bond donors (Lipinski definition) is 3. The van der Waals surface area contributed by atoms with Gasteiger partial charge in [-0.1, -0.05) is 6.92 Å². The topological polar surface area (TPSA) is 110 Å². The van der Waals surface area contributed by atoms with E-state index in [0.717, 1.165) is 11.8 Å². The van der Waals surface area contributed by atoms with Crippen molar-refractivity contribution in [2.75, 3.05) is 23.9 Å². The summed E-state index contributed by atoms with van der Waals surface area (Å²) < 4.78 is 25.2. The lowest BCUT2D eigenvalue weighted by Gasteiger charge is -2.26. The summed E-state index contributed by atoms with van der Waals surface area (Å²) in [7, 11) is -3.26. The van der Waals surface area contributed by atoms with Gasteiger partial charge in [0.15, 0.2) is 0 Å². The third kappa shape index (κ3) is 4.93. The first-order valence-electron chi connectivity index (χ1n) is 6.40. The van der Waals surface area contributed by atoms with Crippen LogP contribution in [-0.2, 0) is 16.4 Å². The van der Waals surface area contributed by atoms with E-state index in [2.05, 4.69) is 20.0 Å². The summed E-state index contributed by atoms with van der Waals surface area (Å²) in [5, 5.41) is 3.13. The van der Waals surface area contributed by atoms with Crippen LogP contribution in [-0.4, -0.2) is 36.7 Å². The average Bonchev–Trinajstić information content (AvgIpc) is 2.27. The number of nitrogens with one attached hydrogen (secondary N) is 2. The molecule has 0 fully saturated rings. The molecular weight excluding hydrogens is 278 g/mol. The van der Waals surface area contributed by atoms with E-state index in [-0.39, 0.29) is 0 Å². The summed E-state index contributed by atoms with van der Waals surface area (Å²) in [4.78, 5) is 8.54. The third-order valence-electron chi connectivity index (χ3n) is 2.71. The van der Waals surface area contributed by atoms with E-state index in [4.69, 9.17) is 5.73 Å². The van der Waals surface area contributed by atoms with Crippen molar-refractivity contribution in [2.24, 2.45) is 0 Å². The molecule has 0 aliphatic heterocycles. The zero-order chi connectivity index (χ0) is 15.6. The number of nitrogens with zero attached hydrogens (tertiary/aromatic N) is 2. The van der Waals surface area contributed by atoms with Crippen LogP contribution in [0.1, 0.15) is 32.2 Å². The highest BCUT2D eigenvalue weighted by Gasteiger charge is 2.22. The molecule has 1 heterocycles. The normalized spacial score (nSPS) is 12.4. The number of aromatic nitrogens is 2. The van der Waals surface area contributed by atoms with Gasteiger partial charge in [0.25, 0.3) is 0 Å². The zero-order valence-corrected chi connectivity index (χ0v) is 13.4. The largest absolute Gasteiger partial charge is 0.383 e. The van der Waals surface area contributed by atoms with Gasteiger partial charge in [0.2, 0.25) is 10.0 Å². The van der Waals surface area contributed by atoms with Gasteiger partial charge in [0.05, 0.1) is 6.26 Å². The molecule has 0 aromatic carbocycles. The van der Waals surface area contributed by atoms with Crippen LogP contribution in [0, 0.1) is 6.92 Å². The molecule has 1 aromatic heterocycles. The Morgan fingerprint density at radius 3 is 2.40 bits per heavy atom. The standard InChI is InChI=1S/C12H23N5O2S/c1-6-9-15-10(13)8(2)11(16-9)14-7-12(3,4)17-20(5,18)19/h17H,6-7H2,1-5H3,(H3,13,14,15,16). The molecule has 0 saturated heterocycles. The molecule has 0 aliphatic rings. The van der Waals surface area contributed by atoms with E-state index in [9.17, 15) is 8.42 Å². The van der Waals surface area contributed by atoms with Crippen molar-refractivity contribution in [3.63, 3.8) is 0 Å². The van der Waals surface area contributed by atoms with Crippen LogP contribution in [0.2, 0.25) is 0 Å². The lowest BCUT2D eigenvalue weighted by atomic mass is 10.1. The molecule has 8 heteroatoms. The van der Waals surface area contributed by atoms with Gasteiger partial charge in [-0.05, 0) is 20.8 Å². The number of nitrogens with two attached hydrogens (primary N) is 1. The van der Waals surface area contributed by atoms with Crippen molar-refractivity contribution in [3.05, 3.63) is 11.4 Å². The highest BCUT2D eigenvalue weighted by molar-refractivity contribution is 7.88. The van der Waals surface area contributed by atoms with Gasteiger partial charge in [-0.25, -0.2) is 23.1 Å². The minimum Gasteiger partial charge on any atom is -0.383 e. The number of sulfonamides is 1. The second kappa shape index (κ2) is 5.92. The Balaban J connectivity index is 2.87. The van der Waals surface area contributed by atoms with Crippen molar-refractivity contribution >= 4 is 21.7 Å². The number of aryl methyl sites for hydroxylation is 1. The molecule has 0 saturated carbocycles. The van der Waals surface area contributed by atoms with Crippen molar-refractivity contribution in [3.8, 4) is 0 Å². The van der Waals surface area contributed by atoms with Crippen LogP contribution < -0.4 is 15.8 Å². The second-order valence-corrected chi connectivity index (χ2v) is 7.21. The van der Waals surface area contributed by atoms with E-state index in [1.54, 1.807) is 13.8 Å². The minimum absolute atomic E-state index is 0.389. The van der Waals surface area contributed by atoms with Crippen molar-refractivity contribution < 1.29 is 8.42 Å². The first-order valence-corrected chi connectivity index (χ1v) is 8.29. The molecule has 0 atom stereocenters. The molecule has 20 heavy (non-hydrogen) atoms. The Morgan fingerprint density at radius 1 is 1.30 bits per heavy atom. The van der Waals surface area contributed by atoms with E-state index in [0.29, 0.717) is 30.4 Å². The van der Waals surface area contributed by atoms with E-state index >= 15 is 0 Å². The van der Waals surface area contributed by atoms with Gasteiger partial charge in [-0.2, -0.15) is 0 Å². The van der Waals surface area contributed by atoms with Crippen LogP contribution in [0.25, 0.3) is 0 Å². The third-order valence-corrected chi connectivity index (χ3v) is 3.63. The fourth-order valence-electron chi connectivity index (χ4n) is 1.75. The van der Waals surface area contributed by atoms with Crippen LogP contribution in [0.15, 0.2) is 0 Å². The smallest absolute Gasteiger partial charge is 0.209 e. The quantitative estimate of drug-likeness (QED) is 0.712. The molecule has 0 aliphatic carbocycles. The maximum absolute atomic E-state index is 11.3. The molecule has 7 nitrogen and oxygen atoms in total. The molecule has 0 unspecified atom stereocenters. The second-order valence-electron chi connectivity index (χ2n) is 5.46. The summed E-state index contributed by atoms with van der Waals surface area (Å²) in [5.41, 5.74) is 5.96. The number of nitrogen functional groups attached to an aromatic ring is 1. The van der Waals surface area contributed by atoms with E-state index in [1.807, 2.05) is 13.8 Å². The fraction of sp³-hybridized carbons (Fsp3) is 0.667. The maximum Gasteiger partial charge on any atom is 0.209 e. The van der Waals surface area contributed by atoms with Gasteiger partial charge < -0.3 is 11.1 Å². The number of anilines is 2. The SMILES string of the molecule is CCc1nc(N)c(C)c(NCC(C)(C)NS(C)(=O)=O)n1. The van der Waals surface area contributed by atoms with Crippen molar-refractivity contribution in [1.82, 2.24) is 14.7 Å². The molecule has 0 radical (unpaired) electrons. The summed E-state index contributed by atoms with van der Waals surface area (Å²) in [6.45, 7) is 7.75. The van der Waals surface area contributed by atoms with Gasteiger partial charge in [0.1, 0.15) is 17.5 Å². The molecule has 0 bridgehead atoms. The molecule has 0 spiro atoms. The maximum atomic E-state index is 11.3. The summed E-state index contributed by atoms with van der Waals surface area (Å²) in [5.74, 6) is 1.73. The lowest BCUT2D eigenvalue weighted by Crippen LogP contribution is -2.48. The highest BCUT2D eigenvalue weighted by Crippen LogP contribution is 2.18. The lowest BCUT2D eigenvalue weighted by molar-refractivity contribution is 0.475. The molecule has 4 N–H and O–H groups in total. The van der Waals surface area contributed by atoms with Crippen LogP contribution in [0.5, 0.6) is 0 Å². The predicted octanol–water partition coefficient (Wildman–Crippen LogP) is 0.669. The molecule has 1 aromatic rings. The number of hydrogen-bond acceptors (Lipinski definition) is 6. The van der Waals surface area contributed by atoms with E-state index in [1.165, 1.54) is 0 Å². The predicted molar refractivity (Wildman–Crippen MR) is 81.1 cm³/mol. The van der Waals surface area contributed by atoms with Gasteiger partial charge in [0, 0.05) is 24.1 Å². The number of rotatable bonds is 6. The Hall–Kier alpha value is -1.41. The highest BCUT2D eigenvalue weighted by atomic mass is 32.2. The summed E-state index contributed by atoms with van der Waals surface area (Å²) >= 11 is 0.